The molecule has 0 aliphatic rings. The van der Waals surface area contributed by atoms with Crippen LogP contribution < -0.4 is 10.2 Å². The Bertz CT molecular complexity index is 556. The number of nitrogens with zero attached hydrogens (tertiary/aromatic N) is 2. The van der Waals surface area contributed by atoms with Crippen molar-refractivity contribution in [2.24, 2.45) is 0 Å². The molecule has 0 saturated carbocycles. The Kier molecular flexibility index (Phi) is 5.09. The van der Waals surface area contributed by atoms with Crippen LogP contribution in [0.4, 0.5) is 15.2 Å². The molecule has 1 aromatic carbocycles. The number of rotatable bonds is 6. The minimum atomic E-state index is -0.232. The smallest absolute Gasteiger partial charge is 0.189 e. The third-order valence-electron chi connectivity index (χ3n) is 3.12. The lowest BCUT2D eigenvalue weighted by molar-refractivity contribution is 0.577. The SMILES string of the molecule is CCCNC(C)c1cnc(N(C)c2cccc(F)c2)s1. The predicted molar refractivity (Wildman–Crippen MR) is 83.3 cm³/mol. The van der Waals surface area contributed by atoms with Crippen LogP contribution in [-0.4, -0.2) is 18.6 Å². The van der Waals surface area contributed by atoms with Crippen LogP contribution in [0.3, 0.4) is 0 Å². The molecule has 0 fully saturated rings. The van der Waals surface area contributed by atoms with Gasteiger partial charge in [0.15, 0.2) is 5.13 Å². The monoisotopic (exact) mass is 293 g/mol. The Morgan fingerprint density at radius 3 is 2.95 bits per heavy atom. The van der Waals surface area contributed by atoms with Gasteiger partial charge in [0, 0.05) is 29.9 Å². The molecule has 5 heteroatoms. The number of halogens is 1. The summed E-state index contributed by atoms with van der Waals surface area (Å²) in [6.45, 7) is 5.28. The number of thiazole rings is 1. The summed E-state index contributed by atoms with van der Waals surface area (Å²) < 4.78 is 13.3. The van der Waals surface area contributed by atoms with Gasteiger partial charge in [-0.1, -0.05) is 24.3 Å². The molecule has 0 amide bonds. The average molecular weight is 293 g/mol. The molecule has 0 radical (unpaired) electrons. The molecule has 1 atom stereocenters. The maximum absolute atomic E-state index is 13.3. The van der Waals surface area contributed by atoms with Gasteiger partial charge >= 0.3 is 0 Å². The first-order valence-electron chi connectivity index (χ1n) is 6.80. The highest BCUT2D eigenvalue weighted by molar-refractivity contribution is 7.15. The average Bonchev–Trinajstić information content (AvgIpc) is 2.93. The van der Waals surface area contributed by atoms with Crippen molar-refractivity contribution in [1.82, 2.24) is 10.3 Å². The molecule has 20 heavy (non-hydrogen) atoms. The van der Waals surface area contributed by atoms with E-state index in [0.29, 0.717) is 6.04 Å². The topological polar surface area (TPSA) is 28.2 Å². The van der Waals surface area contributed by atoms with E-state index in [-0.39, 0.29) is 5.82 Å². The number of aromatic nitrogens is 1. The minimum absolute atomic E-state index is 0.232. The van der Waals surface area contributed by atoms with E-state index in [1.807, 2.05) is 24.2 Å². The Labute approximate surface area is 123 Å². The number of hydrogen-bond donors (Lipinski definition) is 1. The second kappa shape index (κ2) is 6.81. The number of hydrogen-bond acceptors (Lipinski definition) is 4. The van der Waals surface area contributed by atoms with Crippen molar-refractivity contribution in [2.75, 3.05) is 18.5 Å². The third kappa shape index (κ3) is 3.55. The highest BCUT2D eigenvalue weighted by Crippen LogP contribution is 2.31. The predicted octanol–water partition coefficient (Wildman–Crippen LogP) is 4.11. The number of nitrogens with one attached hydrogen (secondary N) is 1. The largest absolute Gasteiger partial charge is 0.321 e. The van der Waals surface area contributed by atoms with Crippen LogP contribution in [0.25, 0.3) is 0 Å². The Morgan fingerprint density at radius 2 is 2.25 bits per heavy atom. The normalized spacial score (nSPS) is 12.4. The summed E-state index contributed by atoms with van der Waals surface area (Å²) in [6, 6.07) is 6.84. The fourth-order valence-electron chi connectivity index (χ4n) is 1.89. The molecule has 2 rings (SSSR count). The van der Waals surface area contributed by atoms with Gasteiger partial charge < -0.3 is 10.2 Å². The molecule has 0 spiro atoms. The van der Waals surface area contributed by atoms with Crippen LogP contribution in [0.2, 0.25) is 0 Å². The number of anilines is 2. The van der Waals surface area contributed by atoms with Gasteiger partial charge in [-0.05, 0) is 38.1 Å². The summed E-state index contributed by atoms with van der Waals surface area (Å²) in [7, 11) is 1.90. The summed E-state index contributed by atoms with van der Waals surface area (Å²) in [6.07, 6.45) is 3.00. The van der Waals surface area contributed by atoms with E-state index in [9.17, 15) is 4.39 Å². The molecular formula is C15H20FN3S. The molecule has 1 unspecified atom stereocenters. The number of benzene rings is 1. The van der Waals surface area contributed by atoms with Crippen LogP contribution in [-0.2, 0) is 0 Å². The van der Waals surface area contributed by atoms with E-state index in [1.54, 1.807) is 17.4 Å². The molecule has 1 heterocycles. The fraction of sp³-hybridized carbons (Fsp3) is 0.400. The summed E-state index contributed by atoms with van der Waals surface area (Å²) >= 11 is 1.63. The molecular weight excluding hydrogens is 273 g/mol. The molecule has 108 valence electrons. The van der Waals surface area contributed by atoms with Crippen molar-refractivity contribution in [3.63, 3.8) is 0 Å². The lowest BCUT2D eigenvalue weighted by Crippen LogP contribution is -2.18. The van der Waals surface area contributed by atoms with E-state index in [0.717, 1.165) is 23.8 Å². The van der Waals surface area contributed by atoms with E-state index < -0.39 is 0 Å². The lowest BCUT2D eigenvalue weighted by atomic mass is 10.3. The standard InChI is InChI=1S/C15H20FN3S/c1-4-8-17-11(2)14-10-18-15(20-14)19(3)13-7-5-6-12(16)9-13/h5-7,9-11,17H,4,8H2,1-3H3. The van der Waals surface area contributed by atoms with Gasteiger partial charge in [-0.15, -0.1) is 0 Å². The van der Waals surface area contributed by atoms with E-state index >= 15 is 0 Å². The summed E-state index contributed by atoms with van der Waals surface area (Å²) in [4.78, 5) is 7.53. The second-order valence-electron chi connectivity index (χ2n) is 4.76. The molecule has 0 bridgehead atoms. The Balaban J connectivity index is 2.12. The van der Waals surface area contributed by atoms with Gasteiger partial charge in [-0.3, -0.25) is 0 Å². The molecule has 1 aromatic heterocycles. The van der Waals surface area contributed by atoms with Gasteiger partial charge in [0.05, 0.1) is 0 Å². The zero-order chi connectivity index (χ0) is 14.5. The molecule has 3 nitrogen and oxygen atoms in total. The minimum Gasteiger partial charge on any atom is -0.321 e. The first-order chi connectivity index (χ1) is 9.61. The van der Waals surface area contributed by atoms with Gasteiger partial charge in [-0.2, -0.15) is 0 Å². The van der Waals surface area contributed by atoms with Crippen molar-refractivity contribution >= 4 is 22.2 Å². The van der Waals surface area contributed by atoms with Crippen molar-refractivity contribution in [2.45, 2.75) is 26.3 Å². The Morgan fingerprint density at radius 1 is 1.45 bits per heavy atom. The summed E-state index contributed by atoms with van der Waals surface area (Å²) in [5.41, 5.74) is 0.806. The van der Waals surface area contributed by atoms with Crippen molar-refractivity contribution < 1.29 is 4.39 Å². The highest BCUT2D eigenvalue weighted by Gasteiger charge is 2.13. The van der Waals surface area contributed by atoms with E-state index in [2.05, 4.69) is 24.1 Å². The van der Waals surface area contributed by atoms with Gasteiger partial charge in [0.25, 0.3) is 0 Å². The Hall–Kier alpha value is -1.46. The zero-order valence-electron chi connectivity index (χ0n) is 12.1. The fourth-order valence-corrected chi connectivity index (χ4v) is 2.81. The molecule has 2 aromatic rings. The van der Waals surface area contributed by atoms with Crippen LogP contribution in [0.5, 0.6) is 0 Å². The third-order valence-corrected chi connectivity index (χ3v) is 4.38. The quantitative estimate of drug-likeness (QED) is 0.868. The zero-order valence-corrected chi connectivity index (χ0v) is 12.9. The van der Waals surface area contributed by atoms with E-state index in [1.165, 1.54) is 17.0 Å². The van der Waals surface area contributed by atoms with Crippen LogP contribution in [0.15, 0.2) is 30.5 Å². The van der Waals surface area contributed by atoms with Crippen molar-refractivity contribution in [3.05, 3.63) is 41.2 Å². The van der Waals surface area contributed by atoms with Crippen LogP contribution >= 0.6 is 11.3 Å². The van der Waals surface area contributed by atoms with Crippen LogP contribution in [0, 0.1) is 5.82 Å². The molecule has 0 aliphatic heterocycles. The van der Waals surface area contributed by atoms with Gasteiger partial charge in [0.2, 0.25) is 0 Å². The lowest BCUT2D eigenvalue weighted by Gasteiger charge is -2.16. The first-order valence-corrected chi connectivity index (χ1v) is 7.62. The van der Waals surface area contributed by atoms with E-state index in [4.69, 9.17) is 0 Å². The highest BCUT2D eigenvalue weighted by atomic mass is 32.1. The van der Waals surface area contributed by atoms with Crippen LogP contribution in [0.1, 0.15) is 31.2 Å². The summed E-state index contributed by atoms with van der Waals surface area (Å²) in [5, 5.41) is 4.31. The van der Waals surface area contributed by atoms with Crippen molar-refractivity contribution in [1.29, 1.82) is 0 Å². The van der Waals surface area contributed by atoms with Gasteiger partial charge in [0.1, 0.15) is 5.82 Å². The van der Waals surface area contributed by atoms with Crippen molar-refractivity contribution in [3.8, 4) is 0 Å². The molecule has 0 aliphatic carbocycles. The maximum Gasteiger partial charge on any atom is 0.189 e. The van der Waals surface area contributed by atoms with Gasteiger partial charge in [-0.25, -0.2) is 9.37 Å². The second-order valence-corrected chi connectivity index (χ2v) is 5.80. The summed E-state index contributed by atoms with van der Waals surface area (Å²) in [5.74, 6) is -0.232. The maximum atomic E-state index is 13.3. The molecule has 1 N–H and O–H groups in total. The molecule has 0 saturated heterocycles. The first kappa shape index (κ1) is 14.9.